The molecular weight excluding hydrogens is 372 g/mol. The Labute approximate surface area is 171 Å². The van der Waals surface area contributed by atoms with Crippen LogP contribution in [-0.2, 0) is 23.5 Å². The molecule has 1 saturated carbocycles. The summed E-state index contributed by atoms with van der Waals surface area (Å²) >= 11 is 0. The fourth-order valence-electron chi connectivity index (χ4n) is 2.77. The number of ether oxygens (including phenoxy) is 2. The van der Waals surface area contributed by atoms with Gasteiger partial charge >= 0.3 is 11.9 Å². The number of allylic oxidation sites excluding steroid dienone is 2. The Kier molecular flexibility index (Phi) is 8.52. The van der Waals surface area contributed by atoms with Crippen molar-refractivity contribution in [3.63, 3.8) is 0 Å². The first-order valence-corrected chi connectivity index (χ1v) is 12.7. The normalized spacial score (nSPS) is 19.7. The van der Waals surface area contributed by atoms with Crippen LogP contribution in [0.15, 0.2) is 12.2 Å². The van der Waals surface area contributed by atoms with Crippen molar-refractivity contribution in [3.05, 3.63) is 12.2 Å². The number of esters is 2. The summed E-state index contributed by atoms with van der Waals surface area (Å²) < 4.78 is 16.1. The molecule has 0 radical (unpaired) electrons. The molecule has 0 unspecified atom stereocenters. The average molecular weight is 409 g/mol. The van der Waals surface area contributed by atoms with Crippen molar-refractivity contribution < 1.29 is 23.5 Å². The quantitative estimate of drug-likeness (QED) is 0.187. The largest absolute Gasteiger partial charge is 0.468 e. The summed E-state index contributed by atoms with van der Waals surface area (Å²) in [6.07, 6.45) is 5.34. The van der Waals surface area contributed by atoms with Crippen molar-refractivity contribution in [2.24, 2.45) is 17.3 Å². The van der Waals surface area contributed by atoms with Crippen molar-refractivity contribution in [2.45, 2.75) is 65.1 Å². The molecule has 1 rings (SSSR count). The lowest BCUT2D eigenvalue weighted by Crippen LogP contribution is -2.41. The summed E-state index contributed by atoms with van der Waals surface area (Å²) in [5.74, 6) is 5.28. The molecule has 1 aliphatic rings. The van der Waals surface area contributed by atoms with E-state index in [0.717, 1.165) is 13.0 Å². The van der Waals surface area contributed by atoms with Gasteiger partial charge in [0.15, 0.2) is 13.7 Å². The zero-order chi connectivity index (χ0) is 21.6. The van der Waals surface area contributed by atoms with Crippen molar-refractivity contribution in [1.82, 2.24) is 0 Å². The second-order valence-corrected chi connectivity index (χ2v) is 13.8. The molecule has 0 spiro atoms. The molecule has 0 saturated heterocycles. The van der Waals surface area contributed by atoms with Crippen LogP contribution in [0.1, 0.15) is 47.0 Å². The zero-order valence-corrected chi connectivity index (χ0v) is 19.7. The lowest BCUT2D eigenvalue weighted by Gasteiger charge is -2.36. The van der Waals surface area contributed by atoms with Gasteiger partial charge in [0, 0.05) is 13.0 Å². The van der Waals surface area contributed by atoms with Crippen LogP contribution in [0.25, 0.3) is 0 Å². The van der Waals surface area contributed by atoms with E-state index in [0.29, 0.717) is 11.8 Å². The summed E-state index contributed by atoms with van der Waals surface area (Å²) in [5.41, 5.74) is -1.41. The number of hydrogen-bond acceptors (Lipinski definition) is 5. The van der Waals surface area contributed by atoms with E-state index in [1.807, 2.05) is 6.08 Å². The highest BCUT2D eigenvalue weighted by Gasteiger charge is 2.47. The third-order valence-corrected chi connectivity index (χ3v) is 10.5. The second kappa shape index (κ2) is 9.75. The van der Waals surface area contributed by atoms with Crippen LogP contribution in [0, 0.1) is 29.1 Å². The second-order valence-electron chi connectivity index (χ2n) is 9.03. The first kappa shape index (κ1) is 24.5. The van der Waals surface area contributed by atoms with Crippen molar-refractivity contribution in [3.8, 4) is 11.8 Å². The van der Waals surface area contributed by atoms with Crippen molar-refractivity contribution >= 4 is 20.3 Å². The Morgan fingerprint density at radius 3 is 2.18 bits per heavy atom. The molecule has 0 aromatic carbocycles. The number of carbonyl (C=O) groups excluding carboxylic acids is 2. The third kappa shape index (κ3) is 5.96. The molecule has 1 fully saturated rings. The Hall–Kier alpha value is -1.58. The lowest BCUT2D eigenvalue weighted by molar-refractivity contribution is -0.168. The van der Waals surface area contributed by atoms with E-state index >= 15 is 0 Å². The SMILES string of the molecule is CC#CCC(C/C=C/[C@@H]1C[C@H]1CO[Si](C)(C)C(C)(C)C)(C(=O)OC)C(=O)OC. The first-order valence-electron chi connectivity index (χ1n) is 9.82. The average Bonchev–Trinajstić information content (AvgIpc) is 3.39. The van der Waals surface area contributed by atoms with Crippen LogP contribution in [0.3, 0.4) is 0 Å². The van der Waals surface area contributed by atoms with Crippen LogP contribution in [0.4, 0.5) is 0 Å². The van der Waals surface area contributed by atoms with E-state index < -0.39 is 25.7 Å². The molecule has 6 heteroatoms. The summed E-state index contributed by atoms with van der Waals surface area (Å²) in [6.45, 7) is 13.7. The smallest absolute Gasteiger partial charge is 0.324 e. The van der Waals surface area contributed by atoms with Gasteiger partial charge in [-0.25, -0.2) is 0 Å². The van der Waals surface area contributed by atoms with Crippen LogP contribution < -0.4 is 0 Å². The Morgan fingerprint density at radius 1 is 1.14 bits per heavy atom. The van der Waals surface area contributed by atoms with Gasteiger partial charge in [0.25, 0.3) is 0 Å². The Morgan fingerprint density at radius 2 is 1.71 bits per heavy atom. The molecular formula is C22H36O5Si. The number of rotatable bonds is 9. The maximum absolute atomic E-state index is 12.4. The highest BCUT2D eigenvalue weighted by atomic mass is 28.4. The van der Waals surface area contributed by atoms with Crippen LogP contribution in [-0.4, -0.2) is 41.1 Å². The van der Waals surface area contributed by atoms with Gasteiger partial charge in [0.05, 0.1) is 14.2 Å². The van der Waals surface area contributed by atoms with Gasteiger partial charge in [0.2, 0.25) is 0 Å². The molecule has 5 nitrogen and oxygen atoms in total. The van der Waals surface area contributed by atoms with Gasteiger partial charge in [0.1, 0.15) is 0 Å². The summed E-state index contributed by atoms with van der Waals surface area (Å²) in [7, 11) is 0.817. The van der Waals surface area contributed by atoms with Gasteiger partial charge in [-0.1, -0.05) is 32.9 Å². The molecule has 0 bridgehead atoms. The lowest BCUT2D eigenvalue weighted by atomic mass is 9.81. The summed E-state index contributed by atoms with van der Waals surface area (Å²) in [5, 5.41) is 0.203. The first-order chi connectivity index (χ1) is 12.9. The number of carbonyl (C=O) groups is 2. The molecule has 0 aliphatic heterocycles. The van der Waals surface area contributed by atoms with E-state index in [9.17, 15) is 9.59 Å². The maximum atomic E-state index is 12.4. The van der Waals surface area contributed by atoms with Gasteiger partial charge < -0.3 is 13.9 Å². The Balaban J connectivity index is 2.73. The van der Waals surface area contributed by atoms with Crippen LogP contribution in [0.2, 0.25) is 18.1 Å². The predicted octanol–water partition coefficient (Wildman–Crippen LogP) is 4.34. The van der Waals surface area contributed by atoms with Crippen LogP contribution >= 0.6 is 0 Å². The summed E-state index contributed by atoms with van der Waals surface area (Å²) in [6, 6.07) is 0. The topological polar surface area (TPSA) is 61.8 Å². The fraction of sp³-hybridized carbons (Fsp3) is 0.727. The van der Waals surface area contributed by atoms with E-state index in [1.165, 1.54) is 14.2 Å². The predicted molar refractivity (Wildman–Crippen MR) is 113 cm³/mol. The minimum absolute atomic E-state index is 0.0791. The number of hydrogen-bond donors (Lipinski definition) is 0. The van der Waals surface area contributed by atoms with Crippen molar-refractivity contribution in [2.75, 3.05) is 20.8 Å². The van der Waals surface area contributed by atoms with Crippen LogP contribution in [0.5, 0.6) is 0 Å². The summed E-state index contributed by atoms with van der Waals surface area (Å²) in [4.78, 5) is 24.7. The third-order valence-electron chi connectivity index (χ3n) is 6.01. The van der Waals surface area contributed by atoms with E-state index in [2.05, 4.69) is 51.8 Å². The minimum Gasteiger partial charge on any atom is -0.468 e. The van der Waals surface area contributed by atoms with E-state index in [-0.39, 0.29) is 17.9 Å². The van der Waals surface area contributed by atoms with Gasteiger partial charge in [-0.2, -0.15) is 0 Å². The van der Waals surface area contributed by atoms with Gasteiger partial charge in [-0.05, 0) is 49.7 Å². The fourth-order valence-corrected chi connectivity index (χ4v) is 3.83. The van der Waals surface area contributed by atoms with E-state index in [4.69, 9.17) is 13.9 Å². The molecule has 0 N–H and O–H groups in total. The monoisotopic (exact) mass is 408 g/mol. The highest BCUT2D eigenvalue weighted by Crippen LogP contribution is 2.43. The molecule has 0 amide bonds. The van der Waals surface area contributed by atoms with E-state index in [1.54, 1.807) is 6.92 Å². The minimum atomic E-state index is -1.73. The number of methoxy groups -OCH3 is 2. The maximum Gasteiger partial charge on any atom is 0.324 e. The molecule has 0 aromatic rings. The van der Waals surface area contributed by atoms with Gasteiger partial charge in [-0.15, -0.1) is 11.8 Å². The standard InChI is InChI=1S/C22H36O5Si/c1-9-10-13-22(19(23)25-5,20(24)26-6)14-11-12-17-15-18(17)16-27-28(7,8)21(2,3)4/h11-12,17-18H,13-16H2,1-8H3/b12-11+/t17-,18+/m1/s1. The molecule has 2 atom stereocenters. The van der Waals surface area contributed by atoms with Crippen molar-refractivity contribution in [1.29, 1.82) is 0 Å². The molecule has 0 aromatic heterocycles. The molecule has 158 valence electrons. The Bertz CT molecular complexity index is 632. The zero-order valence-electron chi connectivity index (χ0n) is 18.7. The molecule has 1 aliphatic carbocycles. The highest BCUT2D eigenvalue weighted by molar-refractivity contribution is 6.74. The molecule has 0 heterocycles. The molecule has 28 heavy (non-hydrogen) atoms. The van der Waals surface area contributed by atoms with Gasteiger partial charge in [-0.3, -0.25) is 9.59 Å².